The molecule has 1 aliphatic carbocycles. The third-order valence-corrected chi connectivity index (χ3v) is 9.20. The Morgan fingerprint density at radius 2 is 1.55 bits per heavy atom. The Bertz CT molecular complexity index is 1010. The molecule has 0 N–H and O–H groups in total. The van der Waals surface area contributed by atoms with Gasteiger partial charge >= 0.3 is 6.03 Å². The van der Waals surface area contributed by atoms with Crippen LogP contribution in [-0.2, 0) is 9.84 Å². The minimum Gasteiger partial charge on any atom is -0.323 e. The molecule has 2 aromatic rings. The Morgan fingerprint density at radius 1 is 0.935 bits per heavy atom. The molecule has 5 nitrogen and oxygen atoms in total. The van der Waals surface area contributed by atoms with Crippen LogP contribution in [-0.4, -0.2) is 42.7 Å². The van der Waals surface area contributed by atoms with E-state index in [-0.39, 0.29) is 24.0 Å². The average Bonchev–Trinajstić information content (AvgIpc) is 2.99. The zero-order valence-electron chi connectivity index (χ0n) is 18.6. The lowest BCUT2D eigenvalue weighted by Gasteiger charge is -2.39. The molecule has 0 unspecified atom stereocenters. The van der Waals surface area contributed by atoms with E-state index in [0.717, 1.165) is 43.2 Å². The highest BCUT2D eigenvalue weighted by Gasteiger charge is 2.52. The quantitative estimate of drug-likeness (QED) is 0.644. The highest BCUT2D eigenvalue weighted by molar-refractivity contribution is 7.92. The fraction of sp³-hybridized carbons (Fsp3) is 0.480. The molecule has 2 aliphatic rings. The number of carbonyl (C=O) groups is 1. The molecule has 3 atom stereocenters. The third kappa shape index (κ3) is 3.98. The molecule has 2 fully saturated rings. The van der Waals surface area contributed by atoms with Crippen molar-refractivity contribution < 1.29 is 13.2 Å². The summed E-state index contributed by atoms with van der Waals surface area (Å²) in [5.74, 6) is -0.0612. The van der Waals surface area contributed by atoms with E-state index in [2.05, 4.69) is 0 Å². The van der Waals surface area contributed by atoms with E-state index in [0.29, 0.717) is 4.90 Å². The van der Waals surface area contributed by atoms with Crippen molar-refractivity contribution in [3.05, 3.63) is 65.7 Å². The molecule has 1 saturated carbocycles. The van der Waals surface area contributed by atoms with Crippen molar-refractivity contribution in [1.29, 1.82) is 0 Å². The maximum Gasteiger partial charge on any atom is 0.321 e. The Balaban J connectivity index is 1.85. The number of carbonyl (C=O) groups excluding carboxylic acids is 1. The second-order valence-electron chi connectivity index (χ2n) is 9.04. The van der Waals surface area contributed by atoms with Gasteiger partial charge in [0.25, 0.3) is 0 Å². The van der Waals surface area contributed by atoms with E-state index >= 15 is 0 Å². The van der Waals surface area contributed by atoms with Crippen LogP contribution in [0.2, 0.25) is 0 Å². The molecule has 2 amide bonds. The zero-order valence-corrected chi connectivity index (χ0v) is 19.4. The molecule has 31 heavy (non-hydrogen) atoms. The fourth-order valence-electron chi connectivity index (χ4n) is 5.19. The lowest BCUT2D eigenvalue weighted by Crippen LogP contribution is -2.49. The van der Waals surface area contributed by atoms with Crippen molar-refractivity contribution in [3.63, 3.8) is 0 Å². The smallest absolute Gasteiger partial charge is 0.321 e. The maximum atomic E-state index is 14.1. The van der Waals surface area contributed by atoms with Crippen LogP contribution >= 0.6 is 0 Å². The van der Waals surface area contributed by atoms with Gasteiger partial charge < -0.3 is 4.90 Å². The normalized spacial score (nSPS) is 23.9. The van der Waals surface area contributed by atoms with Crippen molar-refractivity contribution in [3.8, 4) is 0 Å². The summed E-state index contributed by atoms with van der Waals surface area (Å²) >= 11 is 0. The van der Waals surface area contributed by atoms with Crippen molar-refractivity contribution in [2.45, 2.75) is 68.3 Å². The van der Waals surface area contributed by atoms with E-state index in [9.17, 15) is 13.2 Å². The van der Waals surface area contributed by atoms with E-state index in [1.807, 2.05) is 56.3 Å². The van der Waals surface area contributed by atoms with Gasteiger partial charge in [-0.25, -0.2) is 13.2 Å². The summed E-state index contributed by atoms with van der Waals surface area (Å²) in [5, 5.41) is -0.861. The summed E-state index contributed by atoms with van der Waals surface area (Å²) in [7, 11) is -1.97. The van der Waals surface area contributed by atoms with Crippen LogP contribution in [0.4, 0.5) is 4.79 Å². The van der Waals surface area contributed by atoms with Gasteiger partial charge in [0.1, 0.15) is 5.37 Å². The Hall–Kier alpha value is -2.34. The van der Waals surface area contributed by atoms with Crippen molar-refractivity contribution in [2.24, 2.45) is 5.92 Å². The third-order valence-electron chi connectivity index (χ3n) is 7.03. The molecule has 2 aromatic carbocycles. The van der Waals surface area contributed by atoms with Crippen molar-refractivity contribution in [1.82, 2.24) is 9.80 Å². The van der Waals surface area contributed by atoms with E-state index in [1.165, 1.54) is 0 Å². The second-order valence-corrected chi connectivity index (χ2v) is 11.1. The summed E-state index contributed by atoms with van der Waals surface area (Å²) in [6.45, 7) is 3.95. The first-order chi connectivity index (χ1) is 14.8. The Morgan fingerprint density at radius 3 is 2.16 bits per heavy atom. The van der Waals surface area contributed by atoms with Gasteiger partial charge in [-0.15, -0.1) is 0 Å². The largest absolute Gasteiger partial charge is 0.323 e. The summed E-state index contributed by atoms with van der Waals surface area (Å²) in [6.07, 6.45) is 4.81. The minimum atomic E-state index is -3.74. The van der Waals surface area contributed by atoms with Crippen LogP contribution < -0.4 is 0 Å². The number of hydrogen-bond acceptors (Lipinski definition) is 3. The maximum absolute atomic E-state index is 14.1. The van der Waals surface area contributed by atoms with E-state index < -0.39 is 15.2 Å². The monoisotopic (exact) mass is 440 g/mol. The zero-order chi connectivity index (χ0) is 22.2. The summed E-state index contributed by atoms with van der Waals surface area (Å²) in [4.78, 5) is 17.2. The predicted octanol–water partition coefficient (Wildman–Crippen LogP) is 5.17. The van der Waals surface area contributed by atoms with E-state index in [4.69, 9.17) is 0 Å². The van der Waals surface area contributed by atoms with Gasteiger partial charge in [0, 0.05) is 7.05 Å². The lowest BCUT2D eigenvalue weighted by molar-refractivity contribution is 0.154. The summed E-state index contributed by atoms with van der Waals surface area (Å²) in [5.41, 5.74) is 1.99. The summed E-state index contributed by atoms with van der Waals surface area (Å²) < 4.78 is 28.1. The van der Waals surface area contributed by atoms with Crippen LogP contribution in [0.25, 0.3) is 0 Å². The SMILES string of the molecule is Cc1ccc(S(=O)(=O)[C@@H](C2CCCCC2)N2C(=O)N(C)[C@@H](C)[C@@H]2c2ccccc2)cc1. The van der Waals surface area contributed by atoms with Crippen LogP contribution in [0.3, 0.4) is 0 Å². The molecular weight excluding hydrogens is 408 g/mol. The Kier molecular flexibility index (Phi) is 6.11. The van der Waals surface area contributed by atoms with Gasteiger partial charge in [-0.1, -0.05) is 67.3 Å². The van der Waals surface area contributed by atoms with Gasteiger partial charge in [0.15, 0.2) is 9.84 Å². The number of sulfone groups is 1. The van der Waals surface area contributed by atoms with Gasteiger partial charge in [-0.3, -0.25) is 4.90 Å². The molecule has 0 bridgehead atoms. The highest BCUT2D eigenvalue weighted by atomic mass is 32.2. The molecule has 166 valence electrons. The number of benzene rings is 2. The van der Waals surface area contributed by atoms with E-state index in [1.54, 1.807) is 29.0 Å². The van der Waals surface area contributed by atoms with Crippen molar-refractivity contribution >= 4 is 15.9 Å². The molecule has 0 aromatic heterocycles. The fourth-order valence-corrected chi connectivity index (χ4v) is 7.29. The molecule has 1 heterocycles. The standard InChI is InChI=1S/C25H32N2O3S/c1-18-14-16-22(17-15-18)31(29,30)24(21-12-8-5-9-13-21)27-23(19(2)26(3)25(27)28)20-10-6-4-7-11-20/h4,6-7,10-11,14-17,19,21,23-24H,5,8-9,12-13H2,1-3H3/t19-,23+,24-/m0/s1. The van der Waals surface area contributed by atoms with Crippen molar-refractivity contribution in [2.75, 3.05) is 7.05 Å². The number of nitrogens with zero attached hydrogens (tertiary/aromatic N) is 2. The van der Waals surface area contributed by atoms with Gasteiger partial charge in [-0.2, -0.15) is 0 Å². The Labute approximate surface area is 186 Å². The first-order valence-corrected chi connectivity index (χ1v) is 12.8. The van der Waals surface area contributed by atoms with Gasteiger partial charge in [0.05, 0.1) is 17.0 Å². The van der Waals surface area contributed by atoms with Crippen LogP contribution in [0, 0.1) is 12.8 Å². The predicted molar refractivity (Wildman–Crippen MR) is 122 cm³/mol. The topological polar surface area (TPSA) is 57.7 Å². The second kappa shape index (κ2) is 8.65. The number of amides is 2. The van der Waals surface area contributed by atoms with Gasteiger partial charge in [-0.05, 0) is 50.3 Å². The molecule has 0 radical (unpaired) electrons. The van der Waals surface area contributed by atoms with Crippen LogP contribution in [0.1, 0.15) is 56.2 Å². The number of rotatable bonds is 5. The molecule has 6 heteroatoms. The van der Waals surface area contributed by atoms with Crippen LogP contribution in [0.5, 0.6) is 0 Å². The molecule has 4 rings (SSSR count). The number of hydrogen-bond donors (Lipinski definition) is 0. The molecule has 1 aliphatic heterocycles. The molecule has 1 saturated heterocycles. The molecule has 0 spiro atoms. The number of urea groups is 1. The summed E-state index contributed by atoms with van der Waals surface area (Å²) in [6, 6.07) is 16.3. The average molecular weight is 441 g/mol. The minimum absolute atomic E-state index is 0.0612. The van der Waals surface area contributed by atoms with Gasteiger partial charge in [0.2, 0.25) is 0 Å². The number of aryl methyl sites for hydroxylation is 1. The first kappa shape index (κ1) is 21.9. The molecular formula is C25H32N2O3S. The first-order valence-electron chi connectivity index (χ1n) is 11.2. The van der Waals surface area contributed by atoms with Crippen LogP contribution in [0.15, 0.2) is 59.5 Å². The lowest BCUT2D eigenvalue weighted by atomic mass is 9.88. The highest BCUT2D eigenvalue weighted by Crippen LogP contribution is 2.43. The number of likely N-dealkylation sites (N-methyl/N-ethyl adjacent to an activating group) is 1.